The van der Waals surface area contributed by atoms with Gasteiger partial charge < -0.3 is 20.9 Å². The first kappa shape index (κ1) is 77.2. The van der Waals surface area contributed by atoms with Gasteiger partial charge in [0, 0.05) is 34.4 Å². The van der Waals surface area contributed by atoms with E-state index in [4.69, 9.17) is 54.1 Å². The van der Waals surface area contributed by atoms with Gasteiger partial charge in [-0.3, -0.25) is 29.0 Å². The van der Waals surface area contributed by atoms with E-state index in [9.17, 15) is 71.9 Å². The number of carbonyl (C=O) groups is 4. The molecule has 12 rings (SSSR count). The molecule has 2 aliphatic heterocycles. The van der Waals surface area contributed by atoms with Crippen molar-refractivity contribution < 1.29 is 81.3 Å². The molecule has 0 saturated heterocycles. The third kappa shape index (κ3) is 16.0. The molecule has 0 spiro atoms. The van der Waals surface area contributed by atoms with E-state index < -0.39 is 145 Å². The van der Waals surface area contributed by atoms with Gasteiger partial charge in [0.2, 0.25) is 12.9 Å². The average molecular weight is 1530 g/mol. The molecule has 2 saturated carbocycles. The van der Waals surface area contributed by atoms with E-state index in [1.807, 2.05) is 41.5 Å². The SMILES string of the molecule is CC(C)(C)C[C@]1(c2ccc(-c3cnn(C(F)F)c3)cc2)N=C(N)N([C@H](COC(=O)CC2(C(F)F)CC2)c2ccc(Cl)c(-n3ncnc3C(F)F)c2)C1=O.CC(C)(C)C[C@]1(c2ccc(-c3cnn(C(F)F)c3)cc2)N=C(N)N([C@H](COC(=O)CC2(C(F)F)CC2)c2ccc(Cl)c(-n3ncnc3C(F)F)c2)C1=O. The fraction of sp³-hybridized carbons (Fsp3) is 0.429. The smallest absolute Gasteiger partial charge is 0.333 e. The minimum atomic E-state index is -3.02. The predicted molar refractivity (Wildman–Crippen MR) is 361 cm³/mol. The van der Waals surface area contributed by atoms with Gasteiger partial charge in [-0.25, -0.2) is 73.8 Å². The third-order valence-electron chi connectivity index (χ3n) is 18.7. The fourth-order valence-corrected chi connectivity index (χ4v) is 13.5. The van der Waals surface area contributed by atoms with Gasteiger partial charge in [-0.2, -0.15) is 38.0 Å². The van der Waals surface area contributed by atoms with E-state index in [2.05, 4.69) is 30.4 Å². The molecular formula is C70H70Cl2F12N16O6. The van der Waals surface area contributed by atoms with E-state index in [0.29, 0.717) is 42.7 Å². The summed E-state index contributed by atoms with van der Waals surface area (Å²) in [5.74, 6) is -5.04. The number of alkyl halides is 12. The predicted octanol–water partition coefficient (Wildman–Crippen LogP) is 15.3. The summed E-state index contributed by atoms with van der Waals surface area (Å²) in [5.41, 5.74) is 8.92. The van der Waals surface area contributed by atoms with E-state index in [0.717, 1.165) is 31.8 Å². The van der Waals surface area contributed by atoms with Crippen molar-refractivity contribution in [3.63, 3.8) is 0 Å². The number of guanidine groups is 2. The molecular weight excluding hydrogens is 1460 g/mol. The topological polar surface area (TPSA) is 267 Å². The van der Waals surface area contributed by atoms with Crippen LogP contribution in [0.1, 0.15) is 165 Å². The summed E-state index contributed by atoms with van der Waals surface area (Å²) >= 11 is 12.9. The zero-order chi connectivity index (χ0) is 76.9. The van der Waals surface area contributed by atoms with Crippen molar-refractivity contribution in [1.29, 1.82) is 0 Å². The Morgan fingerprint density at radius 3 is 1.15 bits per heavy atom. The molecule has 0 unspecified atom stereocenters. The second-order valence-corrected chi connectivity index (χ2v) is 29.6. The Hall–Kier alpha value is -9.86. The summed E-state index contributed by atoms with van der Waals surface area (Å²) in [5, 5.41) is 15.1. The van der Waals surface area contributed by atoms with E-state index >= 15 is 0 Å². The summed E-state index contributed by atoms with van der Waals surface area (Å²) in [6.45, 7) is 4.55. The maximum absolute atomic E-state index is 14.9. The Bertz CT molecular complexity index is 4340. The minimum Gasteiger partial charge on any atom is -0.463 e. The molecule has 0 radical (unpaired) electrons. The lowest BCUT2D eigenvalue weighted by atomic mass is 9.75. The number of nitrogens with two attached hydrogens (primary N) is 2. The van der Waals surface area contributed by atoms with Crippen molar-refractivity contribution in [3.8, 4) is 33.6 Å². The molecule has 8 aromatic rings. The van der Waals surface area contributed by atoms with Crippen molar-refractivity contribution >= 4 is 58.9 Å². The summed E-state index contributed by atoms with van der Waals surface area (Å²) in [6.07, 6.45) is -4.94. The Morgan fingerprint density at radius 1 is 0.509 bits per heavy atom. The summed E-state index contributed by atoms with van der Waals surface area (Å²) in [4.78, 5) is 74.7. The molecule has 106 heavy (non-hydrogen) atoms. The number of hydrogen-bond donors (Lipinski definition) is 2. The molecule has 4 aromatic carbocycles. The molecule has 2 amide bonds. The van der Waals surface area contributed by atoms with Crippen LogP contribution in [0.15, 0.2) is 132 Å². The first-order valence-electron chi connectivity index (χ1n) is 33.0. The lowest BCUT2D eigenvalue weighted by Crippen LogP contribution is -2.47. The van der Waals surface area contributed by atoms with E-state index in [-0.39, 0.29) is 83.0 Å². The molecule has 564 valence electrons. The van der Waals surface area contributed by atoms with Crippen molar-refractivity contribution in [1.82, 2.24) is 58.9 Å². The summed E-state index contributed by atoms with van der Waals surface area (Å²) < 4.78 is 177. The van der Waals surface area contributed by atoms with Crippen LogP contribution in [-0.4, -0.2) is 121 Å². The van der Waals surface area contributed by atoms with Crippen LogP contribution in [0, 0.1) is 21.7 Å². The standard InChI is InChI=1S/2C35H35ClF6N8O3/c2*1-33(2,3)17-35(22-7-4-19(5-8-22)21-14-45-48(15-21)31(41)42)30(52)49(32(43)47-35)25(16-53-26(51)13-34(10-11-34)29(39)40)20-6-9-23(36)24(12-20)50-28(27(37)38)44-18-46-50/h2*4-9,12,14-15,18,25,27,29,31H,10-11,13,16-17H2,1-3H3,(H2,43,47)/t2*25-,35-/m11/s1. The maximum atomic E-state index is 14.9. The Labute approximate surface area is 607 Å². The molecule has 4 aliphatic rings. The number of aliphatic imine (C=N–C) groups is 2. The Morgan fingerprint density at radius 2 is 0.858 bits per heavy atom. The quantitative estimate of drug-likeness (QED) is 0.0377. The summed E-state index contributed by atoms with van der Waals surface area (Å²) in [7, 11) is 0. The third-order valence-corrected chi connectivity index (χ3v) is 19.3. The van der Waals surface area contributed by atoms with Gasteiger partial charge in [0.15, 0.2) is 34.6 Å². The number of aromatic nitrogens is 10. The molecule has 0 bridgehead atoms. The van der Waals surface area contributed by atoms with Crippen LogP contribution in [0.5, 0.6) is 0 Å². The number of esters is 2. The molecule has 6 heterocycles. The Balaban J connectivity index is 0.000000212. The normalized spacial score (nSPS) is 19.0. The number of ether oxygens (including phenoxy) is 2. The van der Waals surface area contributed by atoms with Crippen LogP contribution in [0.3, 0.4) is 0 Å². The number of amides is 2. The second kappa shape index (κ2) is 29.8. The highest BCUT2D eigenvalue weighted by atomic mass is 35.5. The van der Waals surface area contributed by atoms with Crippen LogP contribution in [0.25, 0.3) is 33.6 Å². The number of nitrogens with zero attached hydrogens (tertiary/aromatic N) is 14. The van der Waals surface area contributed by atoms with Gasteiger partial charge in [0.1, 0.15) is 25.9 Å². The van der Waals surface area contributed by atoms with Gasteiger partial charge in [-0.15, -0.1) is 0 Å². The fourth-order valence-electron chi connectivity index (χ4n) is 13.1. The van der Waals surface area contributed by atoms with Crippen molar-refractivity contribution in [2.24, 2.45) is 43.1 Å². The van der Waals surface area contributed by atoms with E-state index in [1.165, 1.54) is 61.2 Å². The lowest BCUT2D eigenvalue weighted by Gasteiger charge is -2.35. The highest BCUT2D eigenvalue weighted by Gasteiger charge is 2.57. The van der Waals surface area contributed by atoms with Crippen molar-refractivity contribution in [2.75, 3.05) is 13.2 Å². The van der Waals surface area contributed by atoms with Crippen LogP contribution in [0.4, 0.5) is 52.7 Å². The highest BCUT2D eigenvalue weighted by Crippen LogP contribution is 2.55. The van der Waals surface area contributed by atoms with Crippen molar-refractivity contribution in [2.45, 2.75) is 155 Å². The number of hydrogen-bond acceptors (Lipinski definition) is 16. The number of halogens is 14. The monoisotopic (exact) mass is 1530 g/mol. The largest absolute Gasteiger partial charge is 0.463 e. The van der Waals surface area contributed by atoms with Gasteiger partial charge in [0.25, 0.3) is 24.7 Å². The number of rotatable bonds is 26. The zero-order valence-electron chi connectivity index (χ0n) is 57.4. The van der Waals surface area contributed by atoms with Gasteiger partial charge in [0.05, 0.1) is 58.7 Å². The minimum absolute atomic E-state index is 0.000142. The zero-order valence-corrected chi connectivity index (χ0v) is 58.9. The van der Waals surface area contributed by atoms with Crippen LogP contribution in [0.2, 0.25) is 10.0 Å². The molecule has 4 atom stereocenters. The van der Waals surface area contributed by atoms with Crippen molar-refractivity contribution in [3.05, 3.63) is 166 Å². The van der Waals surface area contributed by atoms with Gasteiger partial charge in [-0.05, 0) is 107 Å². The first-order valence-corrected chi connectivity index (χ1v) is 33.7. The average Bonchev–Trinajstić information content (AvgIpc) is 1.58. The second-order valence-electron chi connectivity index (χ2n) is 28.8. The number of benzene rings is 4. The molecule has 4 N–H and O–H groups in total. The van der Waals surface area contributed by atoms with Crippen LogP contribution < -0.4 is 11.5 Å². The number of carbonyl (C=O) groups excluding carboxylic acids is 4. The molecule has 36 heteroatoms. The molecule has 22 nitrogen and oxygen atoms in total. The van der Waals surface area contributed by atoms with E-state index in [1.54, 1.807) is 48.5 Å². The molecule has 2 fully saturated rings. The molecule has 2 aliphatic carbocycles. The van der Waals surface area contributed by atoms with Gasteiger partial charge >= 0.3 is 25.0 Å². The maximum Gasteiger partial charge on any atom is 0.333 e. The Kier molecular flexibility index (Phi) is 21.7. The van der Waals surface area contributed by atoms with Crippen LogP contribution >= 0.6 is 23.2 Å². The molecule has 4 aromatic heterocycles. The van der Waals surface area contributed by atoms with Crippen LogP contribution in [-0.2, 0) is 39.7 Å². The summed E-state index contributed by atoms with van der Waals surface area (Å²) in [6, 6.07) is 19.0. The highest BCUT2D eigenvalue weighted by molar-refractivity contribution is 6.32. The first-order chi connectivity index (χ1) is 49.9. The van der Waals surface area contributed by atoms with Gasteiger partial charge in [-0.1, -0.05) is 125 Å². The lowest BCUT2D eigenvalue weighted by molar-refractivity contribution is -0.150.